The molecule has 5 fully saturated rings. The molecule has 5 aromatic rings. The summed E-state index contributed by atoms with van der Waals surface area (Å²) in [5, 5.41) is 19.8. The Balaban J connectivity index is 0.000000196. The second kappa shape index (κ2) is 38.3. The number of hydrogen-bond donors (Lipinski definition) is 5. The summed E-state index contributed by atoms with van der Waals surface area (Å²) in [6, 6.07) is 28.0. The van der Waals surface area contributed by atoms with Crippen LogP contribution in [-0.4, -0.2) is 264 Å². The normalized spacial score (nSPS) is 19.8. The summed E-state index contributed by atoms with van der Waals surface area (Å²) >= 11 is 3.42. The monoisotopic (exact) mass is 1700 g/mol. The standard InChI is InChI=1S/C34H39N5O8.C33H37N5O8.C19H27BrN2O4/c1-33(2,3)47-32(44)38-16-6-15-37(17-18-38)27(29(41)46-5)23-9-7-22(8-10-23)13-14-34(30(42)35-31(43)36-34)21-39-20-24-11-12-25(45-4)19-26(24)28(39)40;1-32(2,3)46-31(44)37-15-5-14-36(16-17-37)26(28(40)41)22-8-6-21(7-9-22)12-13-33(29(42)34-30(43)35-33)20-38-19-23-10-11-24(45-4)18-25(23)27(38)39;1-19(2,3)26-18(24)22-11-5-10-21(12-13-22)16(17(23)25-4)14-6-8-15(20)9-7-14/h7-12,19,27H,6,15-18,20-21H2,1-5H3,(H2,35,36,42,43);6-11,18,26H,5,14-17,19-20H2,1-4H3,(H,40,41)(H2,34,35,42,43);6-9,16H,5,10-13H2,1-4H3/t27?,34-;26?,33-;/m00./s1. The first kappa shape index (κ1) is 89.6. The number of nitrogens with one attached hydrogen (secondary N) is 4. The van der Waals surface area contributed by atoms with Crippen molar-refractivity contribution in [3.63, 3.8) is 0 Å². The lowest BCUT2D eigenvalue weighted by Gasteiger charge is -2.29. The fraction of sp³-hybridized carbons (Fsp3) is 0.465. The quantitative estimate of drug-likeness (QED) is 0.0284. The van der Waals surface area contributed by atoms with Crippen LogP contribution in [0.4, 0.5) is 24.0 Å². The van der Waals surface area contributed by atoms with Crippen LogP contribution in [0, 0.1) is 23.7 Å². The van der Waals surface area contributed by atoms with Crippen molar-refractivity contribution < 1.29 is 95.8 Å². The number of rotatable bonds is 15. The number of nitrogens with zero attached hydrogens (tertiary/aromatic N) is 8. The highest BCUT2D eigenvalue weighted by Crippen LogP contribution is 2.34. The maximum Gasteiger partial charge on any atom is 0.410 e. The molecule has 0 radical (unpaired) electrons. The van der Waals surface area contributed by atoms with Crippen molar-refractivity contribution in [3.8, 4) is 35.2 Å². The van der Waals surface area contributed by atoms with Gasteiger partial charge in [-0.3, -0.25) is 49.3 Å². The van der Waals surface area contributed by atoms with Crippen molar-refractivity contribution in [2.24, 2.45) is 0 Å². The molecule has 5 aromatic carbocycles. The second-order valence-electron chi connectivity index (χ2n) is 32.5. The lowest BCUT2D eigenvalue weighted by Crippen LogP contribution is -2.54. The number of aliphatic carboxylic acids is 1. The lowest BCUT2D eigenvalue weighted by atomic mass is 9.98. The van der Waals surface area contributed by atoms with Crippen LogP contribution in [0.25, 0.3) is 0 Å². The number of halogens is 1. The minimum atomic E-state index is -1.69. The van der Waals surface area contributed by atoms with Crippen LogP contribution >= 0.6 is 15.9 Å². The summed E-state index contributed by atoms with van der Waals surface area (Å²) in [5.74, 6) is 9.06. The third kappa shape index (κ3) is 22.9. The Kier molecular flexibility index (Phi) is 28.8. The van der Waals surface area contributed by atoms with Gasteiger partial charge in [-0.2, -0.15) is 0 Å². The highest BCUT2D eigenvalue weighted by molar-refractivity contribution is 9.10. The molecular weight excluding hydrogens is 1600 g/mol. The smallest absolute Gasteiger partial charge is 0.410 e. The van der Waals surface area contributed by atoms with E-state index in [9.17, 15) is 62.6 Å². The van der Waals surface area contributed by atoms with Crippen LogP contribution in [0.3, 0.4) is 0 Å². The molecule has 5 atom stereocenters. The first-order chi connectivity index (χ1) is 56.3. The average molecular weight is 1700 g/mol. The SMILES string of the molecule is COC(=O)C(c1ccc(Br)cc1)N1CCCN(C(=O)OC(C)(C)C)CC1.COC(=O)C(c1ccc(C#C[C@@]2(CN3Cc4ccc(OC)cc4C3=O)NC(=O)NC2=O)cc1)N1CCCN(C(=O)OC(C)(C)C)CC1.COc1ccc2c(c1)C(=O)N(C[C@]1(C#Cc3ccc(C(C(=O)O)N4CCCN(C(=O)OC(C)(C)C)CC4)cc3)NC(=O)NC1=O)C2. The van der Waals surface area contributed by atoms with Crippen molar-refractivity contribution in [2.45, 2.75) is 141 Å². The molecule has 11 amide bonds. The molecular formula is C86H103BrN12O20. The van der Waals surface area contributed by atoms with Crippen LogP contribution in [0.5, 0.6) is 11.5 Å². The van der Waals surface area contributed by atoms with Gasteiger partial charge in [-0.15, -0.1) is 0 Å². The van der Waals surface area contributed by atoms with Crippen molar-refractivity contribution in [1.82, 2.24) is 60.5 Å². The fourth-order valence-corrected chi connectivity index (χ4v) is 14.8. The predicted octanol–water partition coefficient (Wildman–Crippen LogP) is 8.39. The van der Waals surface area contributed by atoms with Crippen LogP contribution < -0.4 is 30.7 Å². The molecule has 7 heterocycles. The molecule has 32 nitrogen and oxygen atoms in total. The number of fused-ring (bicyclic) bond motifs is 2. The van der Waals surface area contributed by atoms with Gasteiger partial charge in [-0.05, 0) is 170 Å². The summed E-state index contributed by atoms with van der Waals surface area (Å²) in [6.45, 7) is 22.5. The third-order valence-corrected chi connectivity index (χ3v) is 20.9. The zero-order valence-electron chi connectivity index (χ0n) is 69.2. The van der Waals surface area contributed by atoms with Crippen LogP contribution in [0.2, 0.25) is 0 Å². The van der Waals surface area contributed by atoms with Crippen molar-refractivity contribution >= 4 is 87.8 Å². The maximum atomic E-state index is 13.2. The molecule has 7 aliphatic rings. The van der Waals surface area contributed by atoms with Gasteiger partial charge in [-0.1, -0.05) is 88.1 Å². The molecule has 5 saturated heterocycles. The zero-order chi connectivity index (χ0) is 86.5. The van der Waals surface area contributed by atoms with Crippen molar-refractivity contribution in [1.29, 1.82) is 0 Å². The van der Waals surface area contributed by atoms with Gasteiger partial charge in [0.15, 0.2) is 0 Å². The fourth-order valence-electron chi connectivity index (χ4n) is 14.6. The first-order valence-electron chi connectivity index (χ1n) is 39.1. The molecule has 0 saturated carbocycles. The second-order valence-corrected chi connectivity index (χ2v) is 33.4. The predicted molar refractivity (Wildman–Crippen MR) is 437 cm³/mol. The Hall–Kier alpha value is -11.8. The minimum Gasteiger partial charge on any atom is -0.497 e. The molecule has 33 heteroatoms. The van der Waals surface area contributed by atoms with Gasteiger partial charge in [0, 0.05) is 118 Å². The number of amides is 11. The molecule has 0 bridgehead atoms. The van der Waals surface area contributed by atoms with E-state index in [0.717, 1.165) is 27.6 Å². The van der Waals surface area contributed by atoms with E-state index in [1.165, 1.54) is 38.2 Å². The first-order valence-corrected chi connectivity index (χ1v) is 39.9. The molecule has 0 spiro atoms. The molecule has 7 aliphatic heterocycles. The highest BCUT2D eigenvalue weighted by atomic mass is 79.9. The number of urea groups is 2. The Morgan fingerprint density at radius 1 is 0.445 bits per heavy atom. The maximum absolute atomic E-state index is 13.2. The van der Waals surface area contributed by atoms with Crippen LogP contribution in [0.15, 0.2) is 114 Å². The molecule has 0 aromatic heterocycles. The Bertz CT molecular complexity index is 4790. The minimum absolute atomic E-state index is 0.162. The number of carboxylic acid groups (broad SMARTS) is 1. The van der Waals surface area contributed by atoms with Gasteiger partial charge < -0.3 is 73.4 Å². The van der Waals surface area contributed by atoms with Gasteiger partial charge in [-0.25, -0.2) is 33.6 Å². The number of ether oxygens (including phenoxy) is 7. The topological polar surface area (TPSA) is 364 Å². The van der Waals surface area contributed by atoms with Gasteiger partial charge in [0.1, 0.15) is 46.4 Å². The van der Waals surface area contributed by atoms with E-state index in [0.29, 0.717) is 136 Å². The number of hydrogen-bond acceptors (Lipinski definition) is 22. The Morgan fingerprint density at radius 2 is 0.773 bits per heavy atom. The van der Waals surface area contributed by atoms with E-state index < -0.39 is 87.9 Å². The molecule has 634 valence electrons. The van der Waals surface area contributed by atoms with E-state index in [1.807, 2.05) is 75.6 Å². The molecule has 12 rings (SSSR count). The number of imide groups is 2. The average Bonchev–Trinajstić information content (AvgIpc) is 1.62. The van der Waals surface area contributed by atoms with E-state index in [-0.39, 0.29) is 56.1 Å². The number of benzene rings is 5. The molecule has 3 unspecified atom stereocenters. The van der Waals surface area contributed by atoms with E-state index in [4.69, 9.17) is 33.2 Å². The molecule has 119 heavy (non-hydrogen) atoms. The van der Waals surface area contributed by atoms with Gasteiger partial charge >= 0.3 is 48.2 Å². The van der Waals surface area contributed by atoms with Crippen LogP contribution in [-0.2, 0) is 60.7 Å². The Labute approximate surface area is 700 Å². The summed E-state index contributed by atoms with van der Waals surface area (Å²) in [7, 11) is 5.76. The lowest BCUT2D eigenvalue weighted by molar-refractivity contribution is -0.148. The van der Waals surface area contributed by atoms with Crippen LogP contribution in [0.1, 0.15) is 159 Å². The highest BCUT2D eigenvalue weighted by Gasteiger charge is 2.50. The largest absolute Gasteiger partial charge is 0.497 e. The summed E-state index contributed by atoms with van der Waals surface area (Å²) in [6.07, 6.45) is 0.875. The zero-order valence-corrected chi connectivity index (χ0v) is 70.8. The van der Waals surface area contributed by atoms with E-state index in [1.54, 1.807) is 120 Å². The number of carbonyl (C=O) groups is 12. The third-order valence-electron chi connectivity index (χ3n) is 20.3. The van der Waals surface area contributed by atoms with Crippen molar-refractivity contribution in [3.05, 3.63) is 164 Å². The number of methoxy groups -OCH3 is 4. The summed E-state index contributed by atoms with van der Waals surface area (Å²) in [4.78, 5) is 166. The van der Waals surface area contributed by atoms with Gasteiger partial charge in [0.05, 0.1) is 41.5 Å². The number of carboxylic acids is 1. The van der Waals surface area contributed by atoms with Gasteiger partial charge in [0.25, 0.3) is 23.6 Å². The number of carbonyl (C=O) groups excluding carboxylic acids is 11. The number of esters is 2. The van der Waals surface area contributed by atoms with Gasteiger partial charge in [0.2, 0.25) is 11.1 Å². The molecule has 5 N–H and O–H groups in total. The van der Waals surface area contributed by atoms with E-state index in [2.05, 4.69) is 65.8 Å². The Morgan fingerprint density at radius 3 is 1.08 bits per heavy atom. The molecule has 0 aliphatic carbocycles. The summed E-state index contributed by atoms with van der Waals surface area (Å²) < 4.78 is 38.1. The summed E-state index contributed by atoms with van der Waals surface area (Å²) in [5.41, 5.74) is 0.445. The van der Waals surface area contributed by atoms with E-state index >= 15 is 0 Å². The van der Waals surface area contributed by atoms with Crippen molar-refractivity contribution in [2.75, 3.05) is 120 Å².